The first-order valence-electron chi connectivity index (χ1n) is 7.33. The average molecular weight is 315 g/mol. The summed E-state index contributed by atoms with van der Waals surface area (Å²) in [6.07, 6.45) is 0. The molecule has 0 saturated carbocycles. The number of methoxy groups -OCH3 is 2. The number of pyridine rings is 1. The lowest BCUT2D eigenvalue weighted by Gasteiger charge is -2.18. The van der Waals surface area contributed by atoms with Crippen molar-refractivity contribution < 1.29 is 19.4 Å². The van der Waals surface area contributed by atoms with Crippen molar-refractivity contribution in [3.05, 3.63) is 52.3 Å². The second-order valence-electron chi connectivity index (χ2n) is 5.42. The number of benzene rings is 1. The zero-order valence-electron chi connectivity index (χ0n) is 14.0. The Balaban J connectivity index is 2.53. The van der Waals surface area contributed by atoms with E-state index in [1.54, 1.807) is 21.0 Å². The monoisotopic (exact) mass is 315 g/mol. The minimum absolute atomic E-state index is 0.0383. The normalized spacial score (nSPS) is 11.9. The fourth-order valence-corrected chi connectivity index (χ4v) is 2.63. The molecule has 1 aromatic heterocycles. The Kier molecular flexibility index (Phi) is 4.89. The standard InChI is InChI=1S/C18H21NO4/c1-10(13-6-8-14(22-4)9-7-13)16-11(2)15(18(21)23-5)17(20)12(3)19-16/h6-10,20H,1-5H3. The van der Waals surface area contributed by atoms with E-state index in [1.807, 2.05) is 31.2 Å². The number of ether oxygens (including phenoxy) is 2. The maximum atomic E-state index is 12.0. The number of aromatic hydroxyl groups is 1. The van der Waals surface area contributed by atoms with E-state index in [-0.39, 0.29) is 17.2 Å². The summed E-state index contributed by atoms with van der Waals surface area (Å²) >= 11 is 0. The number of rotatable bonds is 4. The van der Waals surface area contributed by atoms with Crippen LogP contribution in [0, 0.1) is 13.8 Å². The van der Waals surface area contributed by atoms with Crippen molar-refractivity contribution in [3.8, 4) is 11.5 Å². The molecule has 1 N–H and O–H groups in total. The topological polar surface area (TPSA) is 68.7 Å². The Morgan fingerprint density at radius 1 is 1.17 bits per heavy atom. The van der Waals surface area contributed by atoms with Crippen LogP contribution in [0.4, 0.5) is 0 Å². The van der Waals surface area contributed by atoms with E-state index in [0.717, 1.165) is 17.0 Å². The highest BCUT2D eigenvalue weighted by atomic mass is 16.5. The number of hydrogen-bond donors (Lipinski definition) is 1. The smallest absolute Gasteiger partial charge is 0.342 e. The minimum atomic E-state index is -0.561. The summed E-state index contributed by atoms with van der Waals surface area (Å²) in [5.74, 6) is 0.0556. The number of carbonyl (C=O) groups is 1. The van der Waals surface area contributed by atoms with Gasteiger partial charge in [-0.15, -0.1) is 0 Å². The van der Waals surface area contributed by atoms with E-state index in [0.29, 0.717) is 11.3 Å². The number of aromatic nitrogens is 1. The maximum Gasteiger partial charge on any atom is 0.342 e. The van der Waals surface area contributed by atoms with Gasteiger partial charge >= 0.3 is 5.97 Å². The van der Waals surface area contributed by atoms with Crippen LogP contribution in [0.25, 0.3) is 0 Å². The third-order valence-electron chi connectivity index (χ3n) is 4.04. The fraction of sp³-hybridized carbons (Fsp3) is 0.333. The molecule has 0 aliphatic rings. The molecule has 0 saturated heterocycles. The second kappa shape index (κ2) is 6.69. The highest BCUT2D eigenvalue weighted by molar-refractivity contribution is 5.94. The van der Waals surface area contributed by atoms with Gasteiger partial charge in [-0.25, -0.2) is 4.79 Å². The second-order valence-corrected chi connectivity index (χ2v) is 5.42. The number of aryl methyl sites for hydroxylation is 1. The molecule has 1 aromatic carbocycles. The SMILES string of the molecule is COC(=O)c1c(C)c(C(C)c2ccc(OC)cc2)nc(C)c1O. The van der Waals surface area contributed by atoms with Crippen LogP contribution in [0.15, 0.2) is 24.3 Å². The summed E-state index contributed by atoms with van der Waals surface area (Å²) in [5.41, 5.74) is 3.00. The largest absolute Gasteiger partial charge is 0.505 e. The Bertz CT molecular complexity index is 723. The molecule has 5 heteroatoms. The van der Waals surface area contributed by atoms with Crippen LogP contribution in [0.1, 0.15) is 45.7 Å². The predicted molar refractivity (Wildman–Crippen MR) is 87.2 cm³/mol. The molecule has 0 bridgehead atoms. The molecule has 2 aromatic rings. The molecule has 0 aliphatic carbocycles. The van der Waals surface area contributed by atoms with E-state index < -0.39 is 5.97 Å². The van der Waals surface area contributed by atoms with Gasteiger partial charge < -0.3 is 14.6 Å². The van der Waals surface area contributed by atoms with Gasteiger partial charge in [0.25, 0.3) is 0 Å². The lowest BCUT2D eigenvalue weighted by Crippen LogP contribution is -2.12. The van der Waals surface area contributed by atoms with Gasteiger partial charge in [-0.05, 0) is 37.1 Å². The summed E-state index contributed by atoms with van der Waals surface area (Å²) in [5, 5.41) is 10.1. The molecule has 0 aliphatic heterocycles. The number of esters is 1. The van der Waals surface area contributed by atoms with Crippen LogP contribution in [-0.4, -0.2) is 30.3 Å². The fourth-order valence-electron chi connectivity index (χ4n) is 2.63. The molecule has 122 valence electrons. The minimum Gasteiger partial charge on any atom is -0.505 e. The highest BCUT2D eigenvalue weighted by Gasteiger charge is 2.24. The van der Waals surface area contributed by atoms with Crippen LogP contribution >= 0.6 is 0 Å². The quantitative estimate of drug-likeness (QED) is 0.876. The molecule has 0 radical (unpaired) electrons. The molecule has 23 heavy (non-hydrogen) atoms. The van der Waals surface area contributed by atoms with Gasteiger partial charge in [0.15, 0.2) is 5.75 Å². The molecule has 1 heterocycles. The van der Waals surface area contributed by atoms with Gasteiger partial charge in [-0.3, -0.25) is 4.98 Å². The van der Waals surface area contributed by atoms with Crippen LogP contribution < -0.4 is 4.74 Å². The van der Waals surface area contributed by atoms with Gasteiger partial charge in [-0.2, -0.15) is 0 Å². The average Bonchev–Trinajstić information content (AvgIpc) is 2.57. The number of carbonyl (C=O) groups excluding carboxylic acids is 1. The van der Waals surface area contributed by atoms with E-state index in [1.165, 1.54) is 7.11 Å². The molecule has 0 fully saturated rings. The van der Waals surface area contributed by atoms with Gasteiger partial charge in [0, 0.05) is 5.92 Å². The summed E-state index contributed by atoms with van der Waals surface area (Å²) in [6.45, 7) is 5.45. The van der Waals surface area contributed by atoms with Crippen molar-refractivity contribution in [3.63, 3.8) is 0 Å². The molecule has 0 amide bonds. The maximum absolute atomic E-state index is 12.0. The van der Waals surface area contributed by atoms with Crippen molar-refractivity contribution in [2.45, 2.75) is 26.7 Å². The van der Waals surface area contributed by atoms with Crippen LogP contribution in [-0.2, 0) is 4.74 Å². The Morgan fingerprint density at radius 2 is 1.78 bits per heavy atom. The van der Waals surface area contributed by atoms with E-state index in [2.05, 4.69) is 4.98 Å². The predicted octanol–water partition coefficient (Wildman–Crippen LogP) is 3.35. The summed E-state index contributed by atoms with van der Waals surface area (Å²) < 4.78 is 9.95. The van der Waals surface area contributed by atoms with Gasteiger partial charge in [0.05, 0.1) is 25.6 Å². The molecule has 1 unspecified atom stereocenters. The van der Waals surface area contributed by atoms with E-state index in [4.69, 9.17) is 9.47 Å². The number of hydrogen-bond acceptors (Lipinski definition) is 5. The highest BCUT2D eigenvalue weighted by Crippen LogP contribution is 2.33. The lowest BCUT2D eigenvalue weighted by molar-refractivity contribution is 0.0596. The number of nitrogens with zero attached hydrogens (tertiary/aromatic N) is 1. The van der Waals surface area contributed by atoms with Crippen LogP contribution in [0.5, 0.6) is 11.5 Å². The Hall–Kier alpha value is -2.56. The van der Waals surface area contributed by atoms with Crippen molar-refractivity contribution in [1.29, 1.82) is 0 Å². The third-order valence-corrected chi connectivity index (χ3v) is 4.04. The van der Waals surface area contributed by atoms with E-state index >= 15 is 0 Å². The summed E-state index contributed by atoms with van der Waals surface area (Å²) in [7, 11) is 2.92. The first-order valence-corrected chi connectivity index (χ1v) is 7.33. The van der Waals surface area contributed by atoms with Crippen molar-refractivity contribution in [1.82, 2.24) is 4.98 Å². The molecule has 2 rings (SSSR count). The van der Waals surface area contributed by atoms with Crippen molar-refractivity contribution in [2.24, 2.45) is 0 Å². The van der Waals surface area contributed by atoms with Crippen molar-refractivity contribution >= 4 is 5.97 Å². The molecular formula is C18H21NO4. The zero-order valence-corrected chi connectivity index (χ0v) is 14.0. The lowest BCUT2D eigenvalue weighted by atomic mass is 9.91. The van der Waals surface area contributed by atoms with E-state index in [9.17, 15) is 9.90 Å². The van der Waals surface area contributed by atoms with Gasteiger partial charge in [0.2, 0.25) is 0 Å². The Labute approximate surface area is 135 Å². The molecular weight excluding hydrogens is 294 g/mol. The third kappa shape index (κ3) is 3.13. The molecule has 5 nitrogen and oxygen atoms in total. The zero-order chi connectivity index (χ0) is 17.1. The van der Waals surface area contributed by atoms with Crippen molar-refractivity contribution in [2.75, 3.05) is 14.2 Å². The van der Waals surface area contributed by atoms with Gasteiger partial charge in [-0.1, -0.05) is 19.1 Å². The first kappa shape index (κ1) is 16.8. The van der Waals surface area contributed by atoms with Crippen LogP contribution in [0.3, 0.4) is 0 Å². The molecule has 0 spiro atoms. The van der Waals surface area contributed by atoms with Gasteiger partial charge in [0.1, 0.15) is 11.3 Å². The van der Waals surface area contributed by atoms with Crippen LogP contribution in [0.2, 0.25) is 0 Å². The summed E-state index contributed by atoms with van der Waals surface area (Å²) in [4.78, 5) is 16.5. The molecule has 1 atom stereocenters. The first-order chi connectivity index (χ1) is 10.9. The Morgan fingerprint density at radius 3 is 2.30 bits per heavy atom. The summed E-state index contributed by atoms with van der Waals surface area (Å²) in [6, 6.07) is 7.70.